The van der Waals surface area contributed by atoms with Gasteiger partial charge in [-0.05, 0) is 90.6 Å². The third-order valence-electron chi connectivity index (χ3n) is 8.01. The van der Waals surface area contributed by atoms with Crippen molar-refractivity contribution in [2.24, 2.45) is 0 Å². The van der Waals surface area contributed by atoms with Crippen molar-refractivity contribution in [3.05, 3.63) is 172 Å². The lowest BCUT2D eigenvalue weighted by Gasteiger charge is -2.09. The van der Waals surface area contributed by atoms with Crippen molar-refractivity contribution < 1.29 is 22.6 Å². The maximum atomic E-state index is 13.8. The smallest absolute Gasteiger partial charge is 0.296 e. The number of nitriles is 1. The minimum absolute atomic E-state index is 0.114. The second-order valence-electron chi connectivity index (χ2n) is 11.9. The van der Waals surface area contributed by atoms with E-state index in [1.165, 1.54) is 6.07 Å². The van der Waals surface area contributed by atoms with Gasteiger partial charge in [-0.15, -0.1) is 0 Å². The first-order chi connectivity index (χ1) is 25.8. The number of aromatic nitrogens is 4. The number of carbonyl (C=O) groups excluding carboxylic acids is 1. The van der Waals surface area contributed by atoms with E-state index in [1.54, 1.807) is 18.2 Å². The highest BCUT2D eigenvalue weighted by Gasteiger charge is 2.17. The molecule has 10 nitrogen and oxygen atoms in total. The van der Waals surface area contributed by atoms with Gasteiger partial charge in [-0.1, -0.05) is 103 Å². The Morgan fingerprint density at radius 2 is 1.20 bits per heavy atom. The molecule has 5 aromatic carbocycles. The van der Waals surface area contributed by atoms with Crippen molar-refractivity contribution in [3.63, 3.8) is 0 Å². The van der Waals surface area contributed by atoms with Gasteiger partial charge in [-0.25, -0.2) is 18.4 Å². The van der Waals surface area contributed by atoms with Crippen LogP contribution in [-0.2, 0) is 6.42 Å². The minimum Gasteiger partial charge on any atom is -0.296 e. The fourth-order valence-electron chi connectivity index (χ4n) is 5.03. The van der Waals surface area contributed by atoms with E-state index in [9.17, 15) is 23.2 Å². The topological polar surface area (TPSA) is 159 Å². The Kier molecular flexibility index (Phi) is 12.8. The van der Waals surface area contributed by atoms with Crippen LogP contribution in [0.25, 0.3) is 33.9 Å². The Bertz CT molecular complexity index is 2590. The summed E-state index contributed by atoms with van der Waals surface area (Å²) in [6.45, 7) is 5.92. The molecule has 0 aliphatic carbocycles. The molecule has 272 valence electrons. The van der Waals surface area contributed by atoms with Crippen molar-refractivity contribution in [1.82, 2.24) is 20.3 Å². The molecule has 0 amide bonds. The highest BCUT2D eigenvalue weighted by Crippen LogP contribution is 2.29. The molecular weight excluding hydrogens is 828 g/mol. The molecule has 0 atom stereocenters. The summed E-state index contributed by atoms with van der Waals surface area (Å²) in [5.74, 6) is -2.76. The van der Waals surface area contributed by atoms with Gasteiger partial charge in [0.15, 0.2) is 17.4 Å². The van der Waals surface area contributed by atoms with Gasteiger partial charge < -0.3 is 0 Å². The van der Waals surface area contributed by atoms with Crippen LogP contribution < -0.4 is 11.5 Å². The number of nitrogens with zero attached hydrogens (tertiary/aromatic N) is 3. The van der Waals surface area contributed by atoms with Crippen LogP contribution in [0, 0.1) is 43.7 Å². The van der Waals surface area contributed by atoms with Crippen molar-refractivity contribution >= 4 is 37.6 Å². The van der Waals surface area contributed by atoms with Crippen molar-refractivity contribution in [2.75, 3.05) is 0 Å². The molecule has 7 rings (SSSR count). The average Bonchev–Trinajstić information content (AvgIpc) is 3.79. The van der Waals surface area contributed by atoms with Gasteiger partial charge in [0, 0.05) is 26.5 Å². The van der Waals surface area contributed by atoms with Crippen LogP contribution >= 0.6 is 31.9 Å². The van der Waals surface area contributed by atoms with Gasteiger partial charge in [0.1, 0.15) is 11.6 Å². The lowest BCUT2D eigenvalue weighted by Crippen LogP contribution is -2.09. The van der Waals surface area contributed by atoms with Gasteiger partial charge >= 0.3 is 11.5 Å². The normalized spacial score (nSPS) is 10.4. The molecule has 54 heavy (non-hydrogen) atoms. The molecule has 2 aromatic heterocycles. The van der Waals surface area contributed by atoms with Crippen LogP contribution in [0.15, 0.2) is 125 Å². The quantitative estimate of drug-likeness (QED) is 0.157. The summed E-state index contributed by atoms with van der Waals surface area (Å²) in [7, 11) is 0. The highest BCUT2D eigenvalue weighted by atomic mass is 79.9. The summed E-state index contributed by atoms with van der Waals surface area (Å²) in [4.78, 5) is 39.3. The van der Waals surface area contributed by atoms with E-state index in [1.807, 2.05) is 81.4 Å². The zero-order chi connectivity index (χ0) is 38.9. The summed E-state index contributed by atoms with van der Waals surface area (Å²) < 4.78 is 38.6. The summed E-state index contributed by atoms with van der Waals surface area (Å²) in [5.41, 5.74) is 7.39. The number of nitrogens with one attached hydrogen (secondary N) is 2. The Balaban J connectivity index is 0.000000191. The number of aromatic amines is 2. The number of benzene rings is 5. The summed E-state index contributed by atoms with van der Waals surface area (Å²) >= 11 is 6.74. The fourth-order valence-corrected chi connectivity index (χ4v) is 5.79. The second-order valence-corrected chi connectivity index (χ2v) is 13.6. The Labute approximate surface area is 323 Å². The number of hydrogen-bond donors (Lipinski definition) is 2. The van der Waals surface area contributed by atoms with Crippen molar-refractivity contribution in [3.8, 4) is 40.0 Å². The molecule has 0 saturated carbocycles. The van der Waals surface area contributed by atoms with E-state index in [-0.39, 0.29) is 6.42 Å². The zero-order valence-electron chi connectivity index (χ0n) is 28.8. The zero-order valence-corrected chi connectivity index (χ0v) is 32.0. The van der Waals surface area contributed by atoms with Gasteiger partial charge in [-0.2, -0.15) is 5.26 Å². The molecule has 2 heterocycles. The molecule has 0 bridgehead atoms. The van der Waals surface area contributed by atoms with E-state index < -0.39 is 34.5 Å². The lowest BCUT2D eigenvalue weighted by atomic mass is 9.95. The number of carbonyl (C=O) groups is 1. The number of hydrogen-bond acceptors (Lipinski definition) is 8. The molecular formula is C40H29Br2F2N5O5. The van der Waals surface area contributed by atoms with E-state index in [2.05, 4.69) is 67.3 Å². The molecule has 0 unspecified atom stereocenters. The van der Waals surface area contributed by atoms with Crippen LogP contribution in [0.3, 0.4) is 0 Å². The predicted octanol–water partition coefficient (Wildman–Crippen LogP) is 9.44. The molecule has 0 aliphatic rings. The van der Waals surface area contributed by atoms with Crippen LogP contribution in [0.5, 0.6) is 0 Å². The molecule has 14 heteroatoms. The highest BCUT2D eigenvalue weighted by molar-refractivity contribution is 9.10. The molecule has 0 spiro atoms. The summed E-state index contributed by atoms with van der Waals surface area (Å²) in [5, 5.41) is 15.8. The molecule has 2 N–H and O–H groups in total. The molecule has 7 aromatic rings. The number of H-pyrrole nitrogens is 2. The van der Waals surface area contributed by atoms with Crippen LogP contribution in [0.2, 0.25) is 0 Å². The largest absolute Gasteiger partial charge is 0.439 e. The van der Waals surface area contributed by atoms with Crippen molar-refractivity contribution in [2.45, 2.75) is 27.2 Å². The van der Waals surface area contributed by atoms with Gasteiger partial charge in [0.25, 0.3) is 0 Å². The summed E-state index contributed by atoms with van der Waals surface area (Å²) in [6, 6.07) is 29.4. The minimum atomic E-state index is -0.866. The van der Waals surface area contributed by atoms with Gasteiger partial charge in [0.05, 0.1) is 17.2 Å². The first-order valence-electron chi connectivity index (χ1n) is 16.0. The molecule has 0 aliphatic heterocycles. The van der Waals surface area contributed by atoms with E-state index in [0.717, 1.165) is 54.5 Å². The SMILES string of the molecule is Cc1ccc(-c2noc(=O)[nH]2)cc1-c1ccc(CC(=O)c2c(F)cccc2F)cc1.Cc1ccc(-c2noc(=O)[nH]2)cc1Br.Cc1ccc(C#N)cc1Br. The maximum absolute atomic E-state index is 13.8. The first-order valence-corrected chi connectivity index (χ1v) is 17.6. The number of Topliss-reactive ketones (excluding diaryl/α,β-unsaturated/α-hetero) is 1. The molecule has 0 fully saturated rings. The Hall–Kier alpha value is -6.04. The average molecular weight is 858 g/mol. The predicted molar refractivity (Wildman–Crippen MR) is 206 cm³/mol. The Morgan fingerprint density at radius 3 is 1.70 bits per heavy atom. The lowest BCUT2D eigenvalue weighted by molar-refractivity contribution is 0.0985. The van der Waals surface area contributed by atoms with Crippen LogP contribution in [0.1, 0.15) is 38.2 Å². The summed E-state index contributed by atoms with van der Waals surface area (Å²) in [6.07, 6.45) is -0.114. The van der Waals surface area contributed by atoms with E-state index in [0.29, 0.717) is 28.3 Å². The number of rotatable bonds is 6. The number of aryl methyl sites for hydroxylation is 3. The second kappa shape index (κ2) is 17.7. The third kappa shape index (κ3) is 9.88. The molecule has 0 radical (unpaired) electrons. The molecule has 0 saturated heterocycles. The van der Waals surface area contributed by atoms with Gasteiger partial charge in [0.2, 0.25) is 0 Å². The Morgan fingerprint density at radius 1 is 0.704 bits per heavy atom. The van der Waals surface area contributed by atoms with Crippen molar-refractivity contribution in [1.29, 1.82) is 5.26 Å². The van der Waals surface area contributed by atoms with Crippen LogP contribution in [0.4, 0.5) is 8.78 Å². The fraction of sp³-hybridized carbons (Fsp3) is 0.100. The number of halogens is 4. The first kappa shape index (κ1) is 39.2. The maximum Gasteiger partial charge on any atom is 0.439 e. The van der Waals surface area contributed by atoms with E-state index in [4.69, 9.17) is 5.26 Å². The van der Waals surface area contributed by atoms with Crippen LogP contribution in [-0.4, -0.2) is 26.1 Å². The number of ketones is 1. The van der Waals surface area contributed by atoms with Gasteiger partial charge in [-0.3, -0.25) is 23.8 Å². The monoisotopic (exact) mass is 855 g/mol. The standard InChI is InChI=1S/C23H16F2N2O3.C9H7BrN2O2.C8H6BrN/c1-13-5-8-16(22-26-23(29)30-27-22)12-17(13)15-9-6-14(7-10-15)11-20(28)21-18(24)3-2-4-19(21)25;1-5-2-3-6(4-7(5)10)8-11-9(13)14-12-8;1-6-2-3-7(5-10)4-8(6)9/h2-10,12H,11H2,1H3,(H,26,27,29);2-4H,1H3,(H,11,12,13);2-4H,1H3. The third-order valence-corrected chi connectivity index (χ3v) is 9.72. The van der Waals surface area contributed by atoms with E-state index >= 15 is 0 Å².